The Labute approximate surface area is 85.1 Å². The molecule has 0 aliphatic heterocycles. The molecule has 4 nitrogen and oxygen atoms in total. The molecular formula is C10H9FN2O2. The number of halogens is 1. The minimum absolute atomic E-state index is 0.0347. The molecule has 1 aromatic carbocycles. The average Bonchev–Trinajstić information content (AvgIpc) is 2.58. The van der Waals surface area contributed by atoms with E-state index >= 15 is 0 Å². The normalized spacial score (nSPS) is 10.5. The van der Waals surface area contributed by atoms with Gasteiger partial charge in [-0.25, -0.2) is 4.39 Å². The molecule has 78 valence electrons. The second-order valence-electron chi connectivity index (χ2n) is 3.23. The molecule has 0 saturated carbocycles. The number of phenols is 1. The minimum Gasteiger partial charge on any atom is -0.507 e. The smallest absolute Gasteiger partial charge is 0.172 e. The molecule has 2 aromatic rings. The molecular weight excluding hydrogens is 199 g/mol. The summed E-state index contributed by atoms with van der Waals surface area (Å²) in [5.41, 5.74) is 6.04. The number of aromatic nitrogens is 1. The molecule has 3 N–H and O–H groups in total. The Hall–Kier alpha value is -2.04. The van der Waals surface area contributed by atoms with Crippen molar-refractivity contribution < 1.29 is 14.0 Å². The summed E-state index contributed by atoms with van der Waals surface area (Å²) in [7, 11) is 0. The fourth-order valence-electron chi connectivity index (χ4n) is 1.34. The molecule has 2 rings (SSSR count). The maximum absolute atomic E-state index is 13.1. The molecule has 0 amide bonds. The largest absolute Gasteiger partial charge is 0.507 e. The van der Waals surface area contributed by atoms with Crippen molar-refractivity contribution >= 4 is 5.82 Å². The molecule has 0 bridgehead atoms. The van der Waals surface area contributed by atoms with E-state index in [2.05, 4.69) is 5.16 Å². The van der Waals surface area contributed by atoms with Crippen LogP contribution in [0.2, 0.25) is 0 Å². The van der Waals surface area contributed by atoms with Gasteiger partial charge in [0.25, 0.3) is 0 Å². The van der Waals surface area contributed by atoms with Crippen LogP contribution < -0.4 is 5.73 Å². The van der Waals surface area contributed by atoms with E-state index in [4.69, 9.17) is 10.3 Å². The Morgan fingerprint density at radius 1 is 1.40 bits per heavy atom. The molecule has 0 saturated heterocycles. The van der Waals surface area contributed by atoms with Gasteiger partial charge in [-0.2, -0.15) is 0 Å². The van der Waals surface area contributed by atoms with Crippen molar-refractivity contribution in [3.63, 3.8) is 0 Å². The first-order valence-electron chi connectivity index (χ1n) is 4.29. The third kappa shape index (κ3) is 1.63. The van der Waals surface area contributed by atoms with Crippen LogP contribution >= 0.6 is 0 Å². The standard InChI is InChI=1S/C10H9FN2O2/c1-5-2-6(11)3-7(10(5)14)8-4-9(12)13-15-8/h2-4,14H,1H3,(H2,12,13). The van der Waals surface area contributed by atoms with E-state index in [1.807, 2.05) is 0 Å². The summed E-state index contributed by atoms with van der Waals surface area (Å²) in [6.45, 7) is 1.60. The SMILES string of the molecule is Cc1cc(F)cc(-c2cc(N)no2)c1O. The first kappa shape index (κ1) is 9.51. The van der Waals surface area contributed by atoms with E-state index in [0.29, 0.717) is 5.56 Å². The molecule has 1 aromatic heterocycles. The van der Waals surface area contributed by atoms with Crippen molar-refractivity contribution in [1.29, 1.82) is 0 Å². The van der Waals surface area contributed by atoms with Gasteiger partial charge in [-0.15, -0.1) is 0 Å². The van der Waals surface area contributed by atoms with Crippen molar-refractivity contribution in [2.45, 2.75) is 6.92 Å². The van der Waals surface area contributed by atoms with Gasteiger partial charge >= 0.3 is 0 Å². The Morgan fingerprint density at radius 3 is 2.73 bits per heavy atom. The van der Waals surface area contributed by atoms with Crippen LogP contribution in [0.5, 0.6) is 5.75 Å². The number of hydrogen-bond acceptors (Lipinski definition) is 4. The zero-order chi connectivity index (χ0) is 11.0. The summed E-state index contributed by atoms with van der Waals surface area (Å²) in [5, 5.41) is 13.2. The van der Waals surface area contributed by atoms with Gasteiger partial charge in [-0.05, 0) is 24.6 Å². The van der Waals surface area contributed by atoms with E-state index in [0.717, 1.165) is 0 Å². The summed E-state index contributed by atoms with van der Waals surface area (Å²) in [6.07, 6.45) is 0. The summed E-state index contributed by atoms with van der Waals surface area (Å²) in [6, 6.07) is 3.83. The van der Waals surface area contributed by atoms with Gasteiger partial charge in [0.1, 0.15) is 11.6 Å². The highest BCUT2D eigenvalue weighted by molar-refractivity contribution is 5.68. The van der Waals surface area contributed by atoms with E-state index in [1.165, 1.54) is 18.2 Å². The number of hydrogen-bond donors (Lipinski definition) is 2. The molecule has 5 heteroatoms. The van der Waals surface area contributed by atoms with Crippen LogP contribution in [0, 0.1) is 12.7 Å². The Morgan fingerprint density at radius 2 is 2.13 bits per heavy atom. The Kier molecular flexibility index (Phi) is 2.07. The summed E-state index contributed by atoms with van der Waals surface area (Å²) in [5.74, 6) is -0.0539. The molecule has 0 aliphatic rings. The van der Waals surface area contributed by atoms with E-state index in [-0.39, 0.29) is 22.9 Å². The van der Waals surface area contributed by atoms with Crippen LogP contribution in [0.3, 0.4) is 0 Å². The van der Waals surface area contributed by atoms with Crippen LogP contribution in [0.4, 0.5) is 10.2 Å². The lowest BCUT2D eigenvalue weighted by molar-refractivity contribution is 0.427. The number of nitrogens with zero attached hydrogens (tertiary/aromatic N) is 1. The Balaban J connectivity index is 2.62. The third-order valence-corrected chi connectivity index (χ3v) is 2.06. The van der Waals surface area contributed by atoms with Gasteiger partial charge in [0.2, 0.25) is 0 Å². The lowest BCUT2D eigenvalue weighted by Gasteiger charge is -2.03. The van der Waals surface area contributed by atoms with Crippen molar-refractivity contribution in [2.24, 2.45) is 0 Å². The van der Waals surface area contributed by atoms with Crippen LogP contribution in [-0.4, -0.2) is 10.3 Å². The van der Waals surface area contributed by atoms with E-state index < -0.39 is 5.82 Å². The van der Waals surface area contributed by atoms with Crippen molar-refractivity contribution in [3.05, 3.63) is 29.6 Å². The number of rotatable bonds is 1. The van der Waals surface area contributed by atoms with E-state index in [9.17, 15) is 9.50 Å². The minimum atomic E-state index is -0.449. The topological polar surface area (TPSA) is 72.3 Å². The lowest BCUT2D eigenvalue weighted by Crippen LogP contribution is -1.84. The van der Waals surface area contributed by atoms with Crippen LogP contribution in [0.1, 0.15) is 5.56 Å². The monoisotopic (exact) mass is 208 g/mol. The van der Waals surface area contributed by atoms with Gasteiger partial charge < -0.3 is 15.4 Å². The summed E-state index contributed by atoms with van der Waals surface area (Å²) >= 11 is 0. The number of benzene rings is 1. The molecule has 0 radical (unpaired) electrons. The van der Waals surface area contributed by atoms with Crippen LogP contribution in [-0.2, 0) is 0 Å². The highest BCUT2D eigenvalue weighted by atomic mass is 19.1. The maximum atomic E-state index is 13.1. The second kappa shape index (κ2) is 3.27. The summed E-state index contributed by atoms with van der Waals surface area (Å²) < 4.78 is 17.9. The zero-order valence-electron chi connectivity index (χ0n) is 7.99. The van der Waals surface area contributed by atoms with Gasteiger partial charge in [0.05, 0.1) is 5.56 Å². The predicted molar refractivity (Wildman–Crippen MR) is 52.7 cm³/mol. The summed E-state index contributed by atoms with van der Waals surface area (Å²) in [4.78, 5) is 0. The van der Waals surface area contributed by atoms with Crippen molar-refractivity contribution in [2.75, 3.05) is 5.73 Å². The van der Waals surface area contributed by atoms with Gasteiger partial charge in [0.15, 0.2) is 11.6 Å². The number of aryl methyl sites for hydroxylation is 1. The number of phenolic OH excluding ortho intramolecular Hbond substituents is 1. The molecule has 0 atom stereocenters. The molecule has 15 heavy (non-hydrogen) atoms. The lowest BCUT2D eigenvalue weighted by atomic mass is 10.1. The van der Waals surface area contributed by atoms with Crippen LogP contribution in [0.15, 0.2) is 22.7 Å². The van der Waals surface area contributed by atoms with Gasteiger partial charge in [0, 0.05) is 6.07 Å². The average molecular weight is 208 g/mol. The number of anilines is 1. The van der Waals surface area contributed by atoms with Crippen molar-refractivity contribution in [3.8, 4) is 17.1 Å². The Bertz CT molecular complexity index is 508. The highest BCUT2D eigenvalue weighted by Crippen LogP contribution is 2.33. The zero-order valence-corrected chi connectivity index (χ0v) is 7.99. The molecule has 1 heterocycles. The first-order valence-corrected chi connectivity index (χ1v) is 4.29. The fourth-order valence-corrected chi connectivity index (χ4v) is 1.34. The highest BCUT2D eigenvalue weighted by Gasteiger charge is 2.13. The number of nitrogen functional groups attached to an aromatic ring is 1. The predicted octanol–water partition coefficient (Wildman–Crippen LogP) is 2.08. The maximum Gasteiger partial charge on any atom is 0.172 e. The molecule has 0 aliphatic carbocycles. The van der Waals surface area contributed by atoms with Crippen molar-refractivity contribution in [1.82, 2.24) is 5.16 Å². The fraction of sp³-hybridized carbons (Fsp3) is 0.100. The number of nitrogens with two attached hydrogens (primary N) is 1. The quantitative estimate of drug-likeness (QED) is 0.752. The molecule has 0 spiro atoms. The third-order valence-electron chi connectivity index (χ3n) is 2.06. The van der Waals surface area contributed by atoms with Gasteiger partial charge in [-0.3, -0.25) is 0 Å². The van der Waals surface area contributed by atoms with E-state index in [1.54, 1.807) is 6.92 Å². The first-order chi connectivity index (χ1) is 7.08. The van der Waals surface area contributed by atoms with Crippen LogP contribution in [0.25, 0.3) is 11.3 Å². The molecule has 0 unspecified atom stereocenters. The second-order valence-corrected chi connectivity index (χ2v) is 3.23. The number of aromatic hydroxyl groups is 1. The molecule has 0 fully saturated rings. The van der Waals surface area contributed by atoms with Gasteiger partial charge in [-0.1, -0.05) is 5.16 Å².